The van der Waals surface area contributed by atoms with Crippen molar-refractivity contribution in [1.82, 2.24) is 9.78 Å². The molecule has 1 amide bonds. The summed E-state index contributed by atoms with van der Waals surface area (Å²) < 4.78 is 1.70. The number of aromatic nitrogens is 2. The number of nitrogens with zero attached hydrogens (tertiary/aromatic N) is 2. The summed E-state index contributed by atoms with van der Waals surface area (Å²) >= 11 is 1.63. The van der Waals surface area contributed by atoms with E-state index in [-0.39, 0.29) is 5.91 Å². The van der Waals surface area contributed by atoms with E-state index >= 15 is 0 Å². The Morgan fingerprint density at radius 2 is 2.00 bits per heavy atom. The summed E-state index contributed by atoms with van der Waals surface area (Å²) in [6, 6.07) is 5.92. The third kappa shape index (κ3) is 2.72. The number of nitrogens with one attached hydrogen (secondary N) is 1. The van der Waals surface area contributed by atoms with Gasteiger partial charge in [-0.05, 0) is 44.7 Å². The van der Waals surface area contributed by atoms with Gasteiger partial charge in [0.15, 0.2) is 0 Å². The monoisotopic (exact) mass is 289 g/mol. The Bertz CT molecular complexity index is 661. The highest BCUT2D eigenvalue weighted by molar-refractivity contribution is 7.98. The Balaban J connectivity index is 2.33. The molecule has 0 aliphatic rings. The molecule has 0 bridgehead atoms. The summed E-state index contributed by atoms with van der Waals surface area (Å²) in [5, 5.41) is 7.27. The lowest BCUT2D eigenvalue weighted by Gasteiger charge is -2.10. The molecule has 1 aromatic carbocycles. The van der Waals surface area contributed by atoms with Crippen molar-refractivity contribution in [2.45, 2.75) is 25.7 Å². The zero-order valence-electron chi connectivity index (χ0n) is 12.4. The molecule has 0 atom stereocenters. The van der Waals surface area contributed by atoms with Crippen LogP contribution in [0.25, 0.3) is 0 Å². The molecule has 0 spiro atoms. The number of anilines is 1. The van der Waals surface area contributed by atoms with Crippen molar-refractivity contribution in [1.29, 1.82) is 0 Å². The fraction of sp³-hybridized carbons (Fsp3) is 0.333. The number of carbonyl (C=O) groups excluding carboxylic acids is 1. The van der Waals surface area contributed by atoms with Crippen molar-refractivity contribution >= 4 is 23.5 Å². The zero-order chi connectivity index (χ0) is 14.9. The minimum absolute atomic E-state index is 0.0931. The van der Waals surface area contributed by atoms with E-state index in [1.165, 1.54) is 0 Å². The molecule has 0 saturated carbocycles. The quantitative estimate of drug-likeness (QED) is 0.882. The summed E-state index contributed by atoms with van der Waals surface area (Å²) in [6.45, 7) is 5.84. The molecule has 0 fully saturated rings. The van der Waals surface area contributed by atoms with Gasteiger partial charge < -0.3 is 5.32 Å². The van der Waals surface area contributed by atoms with E-state index < -0.39 is 0 Å². The Morgan fingerprint density at radius 3 is 2.55 bits per heavy atom. The fourth-order valence-electron chi connectivity index (χ4n) is 2.09. The van der Waals surface area contributed by atoms with Crippen LogP contribution in [0.4, 0.5) is 5.82 Å². The molecular weight excluding hydrogens is 270 g/mol. The Labute approximate surface area is 123 Å². The summed E-state index contributed by atoms with van der Waals surface area (Å²) in [6.07, 6.45) is 2.00. The lowest BCUT2D eigenvalue weighted by molar-refractivity contribution is 0.102. The van der Waals surface area contributed by atoms with Crippen LogP contribution >= 0.6 is 11.8 Å². The van der Waals surface area contributed by atoms with Gasteiger partial charge in [-0.3, -0.25) is 9.48 Å². The lowest BCUT2D eigenvalue weighted by Crippen LogP contribution is -2.16. The first-order chi connectivity index (χ1) is 9.43. The molecular formula is C15H19N3OS. The average molecular weight is 289 g/mol. The van der Waals surface area contributed by atoms with Crippen molar-refractivity contribution in [3.05, 3.63) is 40.6 Å². The number of hydrogen-bond acceptors (Lipinski definition) is 3. The van der Waals surface area contributed by atoms with E-state index in [1.807, 2.05) is 52.3 Å². The number of benzene rings is 1. The summed E-state index contributed by atoms with van der Waals surface area (Å²) in [5.74, 6) is 0.658. The topological polar surface area (TPSA) is 46.9 Å². The molecule has 106 valence electrons. The van der Waals surface area contributed by atoms with Crippen molar-refractivity contribution < 1.29 is 4.79 Å². The fourth-order valence-corrected chi connectivity index (χ4v) is 2.53. The molecule has 0 unspecified atom stereocenters. The Morgan fingerprint density at radius 1 is 1.30 bits per heavy atom. The van der Waals surface area contributed by atoms with Gasteiger partial charge in [0.1, 0.15) is 5.82 Å². The van der Waals surface area contributed by atoms with Crippen LogP contribution in [0, 0.1) is 20.8 Å². The van der Waals surface area contributed by atoms with Gasteiger partial charge in [0.05, 0.1) is 5.69 Å². The highest BCUT2D eigenvalue weighted by Crippen LogP contribution is 2.22. The minimum atomic E-state index is -0.0931. The van der Waals surface area contributed by atoms with Crippen LogP contribution < -0.4 is 5.32 Å². The van der Waals surface area contributed by atoms with Crippen LogP contribution in [-0.2, 0) is 7.05 Å². The van der Waals surface area contributed by atoms with Gasteiger partial charge in [-0.1, -0.05) is 6.07 Å². The second-order valence-corrected chi connectivity index (χ2v) is 5.70. The zero-order valence-corrected chi connectivity index (χ0v) is 13.3. The number of rotatable bonds is 3. The van der Waals surface area contributed by atoms with Crippen LogP contribution in [0.2, 0.25) is 0 Å². The average Bonchev–Trinajstić information content (AvgIpc) is 2.66. The van der Waals surface area contributed by atoms with Crippen molar-refractivity contribution in [3.8, 4) is 0 Å². The highest BCUT2D eigenvalue weighted by Gasteiger charge is 2.15. The smallest absolute Gasteiger partial charge is 0.257 e. The predicted molar refractivity (Wildman–Crippen MR) is 83.6 cm³/mol. The molecule has 1 aromatic heterocycles. The van der Waals surface area contributed by atoms with Gasteiger partial charge in [0.2, 0.25) is 0 Å². The largest absolute Gasteiger partial charge is 0.307 e. The summed E-state index contributed by atoms with van der Waals surface area (Å²) in [5.41, 5.74) is 3.60. The van der Waals surface area contributed by atoms with Gasteiger partial charge in [0.25, 0.3) is 5.91 Å². The first-order valence-electron chi connectivity index (χ1n) is 6.40. The molecule has 5 heteroatoms. The molecule has 0 aliphatic heterocycles. The van der Waals surface area contributed by atoms with Crippen molar-refractivity contribution in [3.63, 3.8) is 0 Å². The SMILES string of the molecule is CSc1ccc(C)c(C(=O)Nc2c(C)c(C)nn2C)c1. The van der Waals surface area contributed by atoms with Gasteiger partial charge in [0, 0.05) is 23.1 Å². The Hall–Kier alpha value is -1.75. The van der Waals surface area contributed by atoms with Gasteiger partial charge in [-0.2, -0.15) is 5.10 Å². The second-order valence-electron chi connectivity index (χ2n) is 4.82. The van der Waals surface area contributed by atoms with Gasteiger partial charge in [-0.15, -0.1) is 11.8 Å². The molecule has 4 nitrogen and oxygen atoms in total. The molecule has 0 aliphatic carbocycles. The summed E-state index contributed by atoms with van der Waals surface area (Å²) in [7, 11) is 1.83. The first-order valence-corrected chi connectivity index (χ1v) is 7.62. The molecule has 1 N–H and O–H groups in total. The number of hydrogen-bond donors (Lipinski definition) is 1. The summed E-state index contributed by atoms with van der Waals surface area (Å²) in [4.78, 5) is 13.5. The van der Waals surface area contributed by atoms with Crippen molar-refractivity contribution in [2.24, 2.45) is 7.05 Å². The van der Waals surface area contributed by atoms with Crippen LogP contribution in [0.15, 0.2) is 23.1 Å². The normalized spacial score (nSPS) is 10.7. The van der Waals surface area contributed by atoms with Crippen molar-refractivity contribution in [2.75, 3.05) is 11.6 Å². The number of aryl methyl sites for hydroxylation is 3. The molecule has 2 aromatic rings. The minimum Gasteiger partial charge on any atom is -0.307 e. The molecule has 2 rings (SSSR count). The maximum Gasteiger partial charge on any atom is 0.257 e. The number of thioether (sulfide) groups is 1. The molecule has 1 heterocycles. The number of amides is 1. The lowest BCUT2D eigenvalue weighted by atomic mass is 10.1. The van der Waals surface area contributed by atoms with Crippen LogP contribution in [0.3, 0.4) is 0 Å². The second kappa shape index (κ2) is 5.71. The molecule has 0 saturated heterocycles. The van der Waals surface area contributed by atoms with Gasteiger partial charge >= 0.3 is 0 Å². The molecule has 20 heavy (non-hydrogen) atoms. The van der Waals surface area contributed by atoms with E-state index in [0.717, 1.165) is 27.5 Å². The predicted octanol–water partition coefficient (Wildman–Crippen LogP) is 3.32. The van der Waals surface area contributed by atoms with E-state index in [9.17, 15) is 4.79 Å². The van der Waals surface area contributed by atoms with Crippen LogP contribution in [0.1, 0.15) is 27.2 Å². The van der Waals surface area contributed by atoms with Crippen LogP contribution in [-0.4, -0.2) is 21.9 Å². The third-order valence-electron chi connectivity index (χ3n) is 3.44. The maximum absolute atomic E-state index is 12.5. The van der Waals surface area contributed by atoms with E-state index in [0.29, 0.717) is 5.56 Å². The molecule has 0 radical (unpaired) electrons. The third-order valence-corrected chi connectivity index (χ3v) is 4.17. The number of carbonyl (C=O) groups is 1. The van der Waals surface area contributed by atoms with E-state index in [1.54, 1.807) is 16.4 Å². The highest BCUT2D eigenvalue weighted by atomic mass is 32.2. The van der Waals surface area contributed by atoms with E-state index in [2.05, 4.69) is 10.4 Å². The van der Waals surface area contributed by atoms with Crippen LogP contribution in [0.5, 0.6) is 0 Å². The van der Waals surface area contributed by atoms with Gasteiger partial charge in [-0.25, -0.2) is 0 Å². The Kier molecular flexibility index (Phi) is 4.18. The first kappa shape index (κ1) is 14.7. The van der Waals surface area contributed by atoms with E-state index in [4.69, 9.17) is 0 Å². The standard InChI is InChI=1S/C15H19N3OS/c1-9-6-7-12(20-5)8-13(9)15(19)16-14-10(2)11(3)17-18(14)4/h6-8H,1-5H3,(H,16,19). The maximum atomic E-state index is 12.5.